The highest BCUT2D eigenvalue weighted by Crippen LogP contribution is 2.44. The van der Waals surface area contributed by atoms with Crippen molar-refractivity contribution in [2.75, 3.05) is 0 Å². The topological polar surface area (TPSA) is 48.2 Å². The minimum Gasteiger partial charge on any atom is -0.334 e. The molecule has 2 aromatic heterocycles. The maximum Gasteiger partial charge on any atom is 0.431 e. The van der Waals surface area contributed by atoms with Crippen LogP contribution in [0.25, 0.3) is 27.2 Å². The Morgan fingerprint density at radius 1 is 0.886 bits per heavy atom. The lowest BCUT2D eigenvalue weighted by Gasteiger charge is -2.12. The Balaban J connectivity index is 1.82. The van der Waals surface area contributed by atoms with Gasteiger partial charge in [-0.2, -0.15) is 44.5 Å². The Bertz CT molecular complexity index is 1450. The number of rotatable bonds is 3. The largest absolute Gasteiger partial charge is 0.431 e. The summed E-state index contributed by atoms with van der Waals surface area (Å²) in [4.78, 5) is 6.56. The summed E-state index contributed by atoms with van der Waals surface area (Å²) in [6, 6.07) is 5.72. The molecule has 14 heteroatoms. The van der Waals surface area contributed by atoms with Gasteiger partial charge in [0.25, 0.3) is 5.89 Å². The van der Waals surface area contributed by atoms with Crippen molar-refractivity contribution in [3.63, 3.8) is 0 Å². The zero-order chi connectivity index (χ0) is 25.8. The van der Waals surface area contributed by atoms with E-state index in [1.54, 1.807) is 0 Å². The third-order valence-corrected chi connectivity index (χ3v) is 4.96. The van der Waals surface area contributed by atoms with Gasteiger partial charge in [0.1, 0.15) is 5.69 Å². The van der Waals surface area contributed by atoms with E-state index in [1.165, 1.54) is 6.07 Å². The van der Waals surface area contributed by atoms with Crippen molar-refractivity contribution in [3.05, 3.63) is 76.5 Å². The van der Waals surface area contributed by atoms with Crippen LogP contribution in [0.4, 0.5) is 45.2 Å². The second-order valence-electron chi connectivity index (χ2n) is 7.21. The van der Waals surface area contributed by atoms with Gasteiger partial charge in [-0.05, 0) is 30.3 Å². The Morgan fingerprint density at radius 2 is 1.60 bits per heavy atom. The van der Waals surface area contributed by atoms with Gasteiger partial charge in [-0.1, -0.05) is 17.3 Å². The summed E-state index contributed by atoms with van der Waals surface area (Å²) in [6.07, 6.45) is -14.9. The lowest BCUT2D eigenvalue weighted by atomic mass is 10.1. The molecule has 0 unspecified atom stereocenters. The number of fused-ring (bicyclic) bond motifs is 1. The fraction of sp³-hybridized carbons (Fsp3) is 0.190. The number of hydrogen-bond acceptors (Lipinski definition) is 3. The predicted molar refractivity (Wildman–Crippen MR) is 102 cm³/mol. The summed E-state index contributed by atoms with van der Waals surface area (Å²) < 4.78 is 126. The van der Waals surface area contributed by atoms with Crippen molar-refractivity contribution in [3.8, 4) is 11.5 Å². The molecule has 0 saturated heterocycles. The molecule has 0 saturated carbocycles. The number of hydrogen-bond donors (Lipinski definition) is 0. The van der Waals surface area contributed by atoms with Crippen LogP contribution in [0, 0.1) is 6.57 Å². The molecule has 5 nitrogen and oxygen atoms in total. The molecule has 182 valence electrons. The lowest BCUT2D eigenvalue weighted by molar-refractivity contribution is -0.143. The van der Waals surface area contributed by atoms with Crippen LogP contribution < -0.4 is 0 Å². The molecule has 4 rings (SSSR count). The number of alkyl halides is 9. The summed E-state index contributed by atoms with van der Waals surface area (Å²) in [5.41, 5.74) is -5.55. The summed E-state index contributed by atoms with van der Waals surface area (Å²) in [7, 11) is 0. The van der Waals surface area contributed by atoms with Gasteiger partial charge in [-0.25, -0.2) is 4.85 Å². The molecule has 4 aromatic rings. The van der Waals surface area contributed by atoms with Crippen LogP contribution in [-0.4, -0.2) is 14.7 Å². The van der Waals surface area contributed by atoms with Gasteiger partial charge in [0, 0.05) is 16.5 Å². The summed E-state index contributed by atoms with van der Waals surface area (Å²) >= 11 is 0. The van der Waals surface area contributed by atoms with E-state index in [9.17, 15) is 39.5 Å². The van der Waals surface area contributed by atoms with Crippen LogP contribution in [0.5, 0.6) is 0 Å². The molecule has 0 atom stereocenters. The van der Waals surface area contributed by atoms with Gasteiger partial charge in [0.15, 0.2) is 11.5 Å². The van der Waals surface area contributed by atoms with Crippen molar-refractivity contribution >= 4 is 16.6 Å². The fourth-order valence-corrected chi connectivity index (χ4v) is 3.52. The van der Waals surface area contributed by atoms with Crippen LogP contribution in [0.15, 0.2) is 47.0 Å². The molecule has 2 heterocycles. The lowest BCUT2D eigenvalue weighted by Crippen LogP contribution is -2.14. The first-order valence-corrected chi connectivity index (χ1v) is 9.38. The van der Waals surface area contributed by atoms with Crippen LogP contribution in [-0.2, 0) is 25.1 Å². The van der Waals surface area contributed by atoms with E-state index >= 15 is 0 Å². The molecular weight excluding hydrogens is 495 g/mol. The highest BCUT2D eigenvalue weighted by atomic mass is 19.4. The monoisotopic (exact) mass is 504 g/mol. The Morgan fingerprint density at radius 3 is 2.20 bits per heavy atom. The second-order valence-corrected chi connectivity index (χ2v) is 7.21. The smallest absolute Gasteiger partial charge is 0.334 e. The first-order valence-electron chi connectivity index (χ1n) is 9.38. The van der Waals surface area contributed by atoms with E-state index in [-0.39, 0.29) is 11.6 Å². The second kappa shape index (κ2) is 8.03. The van der Waals surface area contributed by atoms with Crippen molar-refractivity contribution < 1.29 is 44.0 Å². The van der Waals surface area contributed by atoms with Crippen molar-refractivity contribution in [1.29, 1.82) is 0 Å². The predicted octanol–water partition coefficient (Wildman–Crippen LogP) is 7.35. The molecular formula is C21H9F9N4O. The zero-order valence-corrected chi connectivity index (χ0v) is 16.8. The van der Waals surface area contributed by atoms with E-state index in [0.29, 0.717) is 10.6 Å². The highest BCUT2D eigenvalue weighted by molar-refractivity contribution is 5.90. The Labute approximate surface area is 189 Å². The Hall–Kier alpha value is -4.02. The number of nitrogens with zero attached hydrogens (tertiary/aromatic N) is 4. The first-order chi connectivity index (χ1) is 16.2. The van der Waals surface area contributed by atoms with Gasteiger partial charge < -0.3 is 9.09 Å². The molecule has 0 amide bonds. The molecule has 2 aromatic carbocycles. The maximum atomic E-state index is 13.7. The number of halogens is 9. The summed E-state index contributed by atoms with van der Waals surface area (Å²) in [5.74, 6) is -0.856. The van der Waals surface area contributed by atoms with Crippen molar-refractivity contribution in [1.82, 2.24) is 14.7 Å². The summed E-state index contributed by atoms with van der Waals surface area (Å²) in [5, 5.41) is 2.62. The van der Waals surface area contributed by atoms with Crippen molar-refractivity contribution in [2.45, 2.75) is 25.1 Å². The highest BCUT2D eigenvalue weighted by Gasteiger charge is 2.40. The SMILES string of the molecule is [C-]#[N+]c1ccc2c(cc(C(F)(F)F)n2Cc2noc(-c3cccc(C(F)(F)F)c3)n2)c1C(F)(F)F. The maximum absolute atomic E-state index is 13.7. The molecule has 0 aliphatic carbocycles. The number of benzene rings is 2. The number of aromatic nitrogens is 3. The van der Waals surface area contributed by atoms with Crippen LogP contribution >= 0.6 is 0 Å². The zero-order valence-electron chi connectivity index (χ0n) is 16.8. The molecule has 0 fully saturated rings. The minimum absolute atomic E-state index is 0.159. The van der Waals surface area contributed by atoms with Gasteiger partial charge in [0.2, 0.25) is 0 Å². The molecule has 0 aliphatic rings. The first kappa shape index (κ1) is 24.1. The van der Waals surface area contributed by atoms with E-state index < -0.39 is 70.2 Å². The average Bonchev–Trinajstić information content (AvgIpc) is 3.37. The molecule has 35 heavy (non-hydrogen) atoms. The van der Waals surface area contributed by atoms with E-state index in [0.717, 1.165) is 24.3 Å². The molecule has 0 aliphatic heterocycles. The summed E-state index contributed by atoms with van der Waals surface area (Å²) in [6.45, 7) is 6.12. The molecule has 0 spiro atoms. The minimum atomic E-state index is -5.11. The van der Waals surface area contributed by atoms with E-state index in [1.807, 2.05) is 0 Å². The fourth-order valence-electron chi connectivity index (χ4n) is 3.52. The third-order valence-electron chi connectivity index (χ3n) is 4.96. The Kier molecular flexibility index (Phi) is 5.54. The van der Waals surface area contributed by atoms with Gasteiger partial charge >= 0.3 is 18.5 Å². The average molecular weight is 504 g/mol. The van der Waals surface area contributed by atoms with E-state index in [4.69, 9.17) is 11.1 Å². The van der Waals surface area contributed by atoms with Gasteiger partial charge in [0.05, 0.1) is 24.2 Å². The van der Waals surface area contributed by atoms with Crippen LogP contribution in [0.1, 0.15) is 22.6 Å². The molecule has 0 N–H and O–H groups in total. The van der Waals surface area contributed by atoms with Crippen LogP contribution in [0.3, 0.4) is 0 Å². The third kappa shape index (κ3) is 4.53. The standard InChI is InChI=1S/C21H9F9N4O/c1-31-13-5-6-14-12(17(13)21(28,29)30)8-15(20(25,26)27)34(14)9-16-32-18(35-33-16)10-3-2-4-11(7-10)19(22,23)24/h2-8H,9H2. The van der Waals surface area contributed by atoms with Crippen LogP contribution in [0.2, 0.25) is 0 Å². The van der Waals surface area contributed by atoms with E-state index in [2.05, 4.69) is 15.0 Å². The molecule has 0 radical (unpaired) electrons. The quantitative estimate of drug-likeness (QED) is 0.217. The normalized spacial score (nSPS) is 12.8. The molecule has 0 bridgehead atoms. The van der Waals surface area contributed by atoms with Crippen molar-refractivity contribution in [2.24, 2.45) is 0 Å². The van der Waals surface area contributed by atoms with Gasteiger partial charge in [-0.3, -0.25) is 0 Å². The van der Waals surface area contributed by atoms with Gasteiger partial charge in [-0.15, -0.1) is 0 Å².